The lowest BCUT2D eigenvalue weighted by Crippen LogP contribution is -2.56. The van der Waals surface area contributed by atoms with E-state index in [0.717, 1.165) is 10.9 Å². The number of hydrogen-bond donors (Lipinski definition) is 3. The number of nitrogens with zero attached hydrogens (tertiary/aromatic N) is 3. The van der Waals surface area contributed by atoms with Crippen LogP contribution >= 0.6 is 11.6 Å². The number of hydrogen-bond acceptors (Lipinski definition) is 5. The van der Waals surface area contributed by atoms with E-state index in [1.807, 2.05) is 55.4 Å². The van der Waals surface area contributed by atoms with Gasteiger partial charge in [-0.25, -0.2) is 4.99 Å². The Morgan fingerprint density at radius 1 is 1.03 bits per heavy atom. The molecule has 4 N–H and O–H groups in total. The Morgan fingerprint density at radius 2 is 1.69 bits per heavy atom. The number of aromatic amines is 1. The molecule has 0 bridgehead atoms. The van der Waals surface area contributed by atoms with Crippen molar-refractivity contribution >= 4 is 51.4 Å². The molecule has 4 rings (SSSR count). The number of H-pyrrole nitrogens is 1. The number of aliphatic imine (C=N–C) groups is 1. The van der Waals surface area contributed by atoms with Gasteiger partial charge in [-0.2, -0.15) is 0 Å². The van der Waals surface area contributed by atoms with E-state index < -0.39 is 11.4 Å². The minimum Gasteiger partial charge on any atom is -0.494 e. The standard InChI is InChI=1S/C30H32ClN5O3/c1-30(2,29(32)39)36(25(37)16-17-35(3)4)22-13-11-21(12-14-22)33-27(19-8-6-5-7-9-19)26-23-15-10-20(31)18-24(23)34-28(26)38/h5-15,18,34,38H,16-17H2,1-4H3,(H2,32,39). The van der Waals surface area contributed by atoms with Gasteiger partial charge < -0.3 is 20.7 Å². The molecule has 0 spiro atoms. The third kappa shape index (κ3) is 5.97. The van der Waals surface area contributed by atoms with Gasteiger partial charge in [0.2, 0.25) is 11.8 Å². The second-order valence-corrected chi connectivity index (χ2v) is 10.5. The lowest BCUT2D eigenvalue weighted by molar-refractivity contribution is -0.127. The first kappa shape index (κ1) is 27.9. The lowest BCUT2D eigenvalue weighted by Gasteiger charge is -2.36. The Kier molecular flexibility index (Phi) is 8.09. The van der Waals surface area contributed by atoms with Crippen molar-refractivity contribution in [2.75, 3.05) is 25.5 Å². The van der Waals surface area contributed by atoms with Crippen molar-refractivity contribution in [1.82, 2.24) is 9.88 Å². The predicted octanol–water partition coefficient (Wildman–Crippen LogP) is 5.24. The first-order chi connectivity index (χ1) is 18.5. The minimum absolute atomic E-state index is 0.0210. The number of carbonyl (C=O) groups excluding carboxylic acids is 2. The van der Waals surface area contributed by atoms with E-state index in [0.29, 0.717) is 39.7 Å². The van der Waals surface area contributed by atoms with E-state index in [1.54, 1.807) is 50.2 Å². The zero-order chi connectivity index (χ0) is 28.3. The molecule has 4 aromatic rings. The fourth-order valence-corrected chi connectivity index (χ4v) is 4.55. The van der Waals surface area contributed by atoms with Crippen molar-refractivity contribution in [2.24, 2.45) is 10.7 Å². The summed E-state index contributed by atoms with van der Waals surface area (Å²) in [4.78, 5) is 36.8. The molecule has 0 aliphatic carbocycles. The fourth-order valence-electron chi connectivity index (χ4n) is 4.38. The molecule has 1 aromatic heterocycles. The number of anilines is 1. The molecule has 8 nitrogen and oxygen atoms in total. The molecule has 39 heavy (non-hydrogen) atoms. The Bertz CT molecular complexity index is 1530. The van der Waals surface area contributed by atoms with E-state index in [-0.39, 0.29) is 18.2 Å². The van der Waals surface area contributed by atoms with Crippen molar-refractivity contribution < 1.29 is 14.7 Å². The third-order valence-electron chi connectivity index (χ3n) is 6.56. The third-order valence-corrected chi connectivity index (χ3v) is 6.79. The van der Waals surface area contributed by atoms with Crippen LogP contribution in [0.2, 0.25) is 5.02 Å². The Hall–Kier alpha value is -4.14. The largest absolute Gasteiger partial charge is 0.494 e. The maximum absolute atomic E-state index is 13.2. The maximum atomic E-state index is 13.2. The molecule has 0 atom stereocenters. The van der Waals surface area contributed by atoms with Gasteiger partial charge in [-0.15, -0.1) is 0 Å². The van der Waals surface area contributed by atoms with E-state index in [9.17, 15) is 14.7 Å². The number of nitrogens with two attached hydrogens (primary N) is 1. The molecule has 1 heterocycles. The van der Waals surface area contributed by atoms with E-state index in [2.05, 4.69) is 4.98 Å². The number of amides is 2. The highest BCUT2D eigenvalue weighted by atomic mass is 35.5. The van der Waals surface area contributed by atoms with Crippen LogP contribution in [0.1, 0.15) is 31.4 Å². The number of benzene rings is 3. The van der Waals surface area contributed by atoms with Crippen molar-refractivity contribution in [3.63, 3.8) is 0 Å². The van der Waals surface area contributed by atoms with Crippen molar-refractivity contribution in [2.45, 2.75) is 25.8 Å². The van der Waals surface area contributed by atoms with Gasteiger partial charge in [0, 0.05) is 34.6 Å². The predicted molar refractivity (Wildman–Crippen MR) is 157 cm³/mol. The van der Waals surface area contributed by atoms with Gasteiger partial charge in [0.25, 0.3) is 0 Å². The van der Waals surface area contributed by atoms with Crippen molar-refractivity contribution in [1.29, 1.82) is 0 Å². The summed E-state index contributed by atoms with van der Waals surface area (Å²) in [5, 5.41) is 12.2. The summed E-state index contributed by atoms with van der Waals surface area (Å²) in [6, 6.07) is 21.9. The topological polar surface area (TPSA) is 115 Å². The average Bonchev–Trinajstić information content (AvgIpc) is 3.21. The summed E-state index contributed by atoms with van der Waals surface area (Å²) < 4.78 is 0. The van der Waals surface area contributed by atoms with E-state index in [4.69, 9.17) is 22.3 Å². The zero-order valence-electron chi connectivity index (χ0n) is 22.4. The van der Waals surface area contributed by atoms with Crippen molar-refractivity contribution in [3.05, 3.63) is 88.9 Å². The normalized spacial score (nSPS) is 12.2. The summed E-state index contributed by atoms with van der Waals surface area (Å²) in [5.41, 5.74) is 8.19. The fraction of sp³-hybridized carbons (Fsp3) is 0.233. The van der Waals surface area contributed by atoms with Crippen LogP contribution in [-0.2, 0) is 9.59 Å². The monoisotopic (exact) mass is 545 g/mol. The number of rotatable bonds is 9. The molecule has 0 saturated carbocycles. The Balaban J connectivity index is 1.79. The van der Waals surface area contributed by atoms with Gasteiger partial charge in [0.1, 0.15) is 5.54 Å². The maximum Gasteiger partial charge on any atom is 0.243 e. The number of nitrogens with one attached hydrogen (secondary N) is 1. The summed E-state index contributed by atoms with van der Waals surface area (Å²) >= 11 is 6.16. The molecule has 202 valence electrons. The number of aromatic nitrogens is 1. The first-order valence-corrected chi connectivity index (χ1v) is 12.9. The number of halogens is 1. The molecule has 3 aromatic carbocycles. The summed E-state index contributed by atoms with van der Waals surface area (Å²) in [6.07, 6.45) is 0.228. The first-order valence-electron chi connectivity index (χ1n) is 12.5. The second-order valence-electron chi connectivity index (χ2n) is 10.1. The van der Waals surface area contributed by atoms with Gasteiger partial charge in [0.05, 0.1) is 22.5 Å². The molecule has 0 aliphatic heterocycles. The summed E-state index contributed by atoms with van der Waals surface area (Å²) in [7, 11) is 3.77. The van der Waals surface area contributed by atoms with Gasteiger partial charge in [-0.1, -0.05) is 48.0 Å². The minimum atomic E-state index is -1.24. The molecule has 9 heteroatoms. The van der Waals surface area contributed by atoms with Gasteiger partial charge in [-0.05, 0) is 64.3 Å². The highest BCUT2D eigenvalue weighted by molar-refractivity contribution is 6.31. The Morgan fingerprint density at radius 3 is 2.31 bits per heavy atom. The molecule has 0 saturated heterocycles. The molecular formula is C30H32ClN5O3. The smallest absolute Gasteiger partial charge is 0.243 e. The van der Waals surface area contributed by atoms with Crippen LogP contribution < -0.4 is 10.6 Å². The SMILES string of the molecule is CN(C)CCC(=O)N(c1ccc(N=C(c2ccccc2)c2c(O)[nH]c3cc(Cl)ccc23)cc1)C(C)(C)C(N)=O. The summed E-state index contributed by atoms with van der Waals surface area (Å²) in [6.45, 7) is 3.80. The zero-order valence-corrected chi connectivity index (χ0v) is 23.2. The van der Waals surface area contributed by atoms with E-state index >= 15 is 0 Å². The molecule has 0 fully saturated rings. The van der Waals surface area contributed by atoms with Crippen molar-refractivity contribution in [3.8, 4) is 5.88 Å². The molecular weight excluding hydrogens is 514 g/mol. The number of aromatic hydroxyl groups is 1. The van der Waals surface area contributed by atoms with Crippen LogP contribution in [0.5, 0.6) is 5.88 Å². The molecule has 0 unspecified atom stereocenters. The van der Waals surface area contributed by atoms with Crippen LogP contribution in [-0.4, -0.2) is 58.7 Å². The highest BCUT2D eigenvalue weighted by Gasteiger charge is 2.37. The number of carbonyl (C=O) groups is 2. The lowest BCUT2D eigenvalue weighted by atomic mass is 9.99. The highest BCUT2D eigenvalue weighted by Crippen LogP contribution is 2.34. The molecule has 0 radical (unpaired) electrons. The van der Waals surface area contributed by atoms with E-state index in [1.165, 1.54) is 4.90 Å². The van der Waals surface area contributed by atoms with Crippen LogP contribution in [0.25, 0.3) is 10.9 Å². The Labute approximate surface area is 232 Å². The van der Waals surface area contributed by atoms with Gasteiger partial charge in [0.15, 0.2) is 5.88 Å². The molecule has 2 amide bonds. The number of primary amides is 1. The quantitative estimate of drug-likeness (QED) is 0.249. The second kappa shape index (κ2) is 11.3. The van der Waals surface area contributed by atoms with Crippen LogP contribution in [0.4, 0.5) is 11.4 Å². The van der Waals surface area contributed by atoms with Gasteiger partial charge in [-0.3, -0.25) is 14.5 Å². The number of fused-ring (bicyclic) bond motifs is 1. The average molecular weight is 546 g/mol. The van der Waals surface area contributed by atoms with Gasteiger partial charge >= 0.3 is 0 Å². The molecule has 0 aliphatic rings. The van der Waals surface area contributed by atoms with Crippen LogP contribution in [0, 0.1) is 0 Å². The van der Waals surface area contributed by atoms with Crippen LogP contribution in [0.3, 0.4) is 0 Å². The summed E-state index contributed by atoms with van der Waals surface area (Å²) in [5.74, 6) is -0.840. The van der Waals surface area contributed by atoms with Crippen LogP contribution in [0.15, 0.2) is 77.8 Å².